The van der Waals surface area contributed by atoms with Crippen LogP contribution in [0.5, 0.6) is 0 Å². The molecule has 0 heterocycles. The van der Waals surface area contributed by atoms with E-state index in [1.165, 1.54) is 5.57 Å². The van der Waals surface area contributed by atoms with Crippen LogP contribution in [0.3, 0.4) is 0 Å². The standard InChI is InChI=1S/C10H20O/c1-5-10(4)8-11-7-6-9(2)3/h8-9H,5-7H2,1-4H3. The van der Waals surface area contributed by atoms with Gasteiger partial charge in [-0.15, -0.1) is 0 Å². The highest BCUT2D eigenvalue weighted by atomic mass is 16.5. The topological polar surface area (TPSA) is 9.23 Å². The van der Waals surface area contributed by atoms with Crippen LogP contribution in [-0.2, 0) is 4.74 Å². The van der Waals surface area contributed by atoms with Crippen molar-refractivity contribution in [2.75, 3.05) is 6.61 Å². The average molecular weight is 156 g/mol. The van der Waals surface area contributed by atoms with E-state index in [1.807, 2.05) is 6.26 Å². The van der Waals surface area contributed by atoms with Crippen molar-refractivity contribution < 1.29 is 4.74 Å². The second-order valence-corrected chi connectivity index (χ2v) is 3.37. The predicted molar refractivity (Wildman–Crippen MR) is 49.5 cm³/mol. The minimum Gasteiger partial charge on any atom is -0.501 e. The van der Waals surface area contributed by atoms with Crippen molar-refractivity contribution in [3.05, 3.63) is 11.8 Å². The Morgan fingerprint density at radius 2 is 2.09 bits per heavy atom. The molecule has 1 nitrogen and oxygen atoms in total. The summed E-state index contributed by atoms with van der Waals surface area (Å²) in [6.45, 7) is 9.50. The summed E-state index contributed by atoms with van der Waals surface area (Å²) in [7, 11) is 0. The highest BCUT2D eigenvalue weighted by Gasteiger charge is 1.91. The Balaban J connectivity index is 3.26. The smallest absolute Gasteiger partial charge is 0.0875 e. The first kappa shape index (κ1) is 10.5. The molecule has 0 aromatic rings. The second-order valence-electron chi connectivity index (χ2n) is 3.37. The van der Waals surface area contributed by atoms with Gasteiger partial charge in [-0.2, -0.15) is 0 Å². The molecule has 0 aliphatic carbocycles. The van der Waals surface area contributed by atoms with Crippen LogP contribution < -0.4 is 0 Å². The molecular weight excluding hydrogens is 136 g/mol. The summed E-state index contributed by atoms with van der Waals surface area (Å²) in [4.78, 5) is 0. The van der Waals surface area contributed by atoms with Gasteiger partial charge in [-0.1, -0.05) is 20.8 Å². The lowest BCUT2D eigenvalue weighted by Crippen LogP contribution is -1.94. The van der Waals surface area contributed by atoms with Crippen molar-refractivity contribution in [2.24, 2.45) is 5.92 Å². The van der Waals surface area contributed by atoms with Crippen molar-refractivity contribution in [3.8, 4) is 0 Å². The fourth-order valence-electron chi connectivity index (χ4n) is 0.588. The van der Waals surface area contributed by atoms with E-state index in [9.17, 15) is 0 Å². The van der Waals surface area contributed by atoms with Gasteiger partial charge in [0.2, 0.25) is 0 Å². The molecule has 0 rings (SSSR count). The molecule has 0 aliphatic heterocycles. The van der Waals surface area contributed by atoms with Gasteiger partial charge in [0.25, 0.3) is 0 Å². The Bertz CT molecular complexity index is 114. The lowest BCUT2D eigenvalue weighted by molar-refractivity contribution is 0.226. The van der Waals surface area contributed by atoms with Crippen molar-refractivity contribution in [3.63, 3.8) is 0 Å². The number of allylic oxidation sites excluding steroid dienone is 1. The molecule has 0 N–H and O–H groups in total. The molecule has 0 saturated heterocycles. The number of ether oxygens (including phenoxy) is 1. The molecule has 0 unspecified atom stereocenters. The number of rotatable bonds is 5. The van der Waals surface area contributed by atoms with Gasteiger partial charge in [0, 0.05) is 0 Å². The number of hydrogen-bond acceptors (Lipinski definition) is 1. The van der Waals surface area contributed by atoms with Crippen molar-refractivity contribution in [2.45, 2.75) is 40.5 Å². The first-order valence-corrected chi connectivity index (χ1v) is 4.44. The van der Waals surface area contributed by atoms with Gasteiger partial charge in [-0.05, 0) is 31.3 Å². The van der Waals surface area contributed by atoms with Gasteiger partial charge in [0.15, 0.2) is 0 Å². The van der Waals surface area contributed by atoms with Crippen LogP contribution >= 0.6 is 0 Å². The average Bonchev–Trinajstić information content (AvgIpc) is 1.97. The highest BCUT2D eigenvalue weighted by Crippen LogP contribution is 2.02. The van der Waals surface area contributed by atoms with Gasteiger partial charge in [0.05, 0.1) is 12.9 Å². The van der Waals surface area contributed by atoms with Crippen LogP contribution in [0.15, 0.2) is 11.8 Å². The summed E-state index contributed by atoms with van der Waals surface area (Å²) in [5.74, 6) is 0.741. The molecule has 1 heteroatoms. The third kappa shape index (κ3) is 7.44. The Morgan fingerprint density at radius 3 is 2.55 bits per heavy atom. The molecule has 0 amide bonds. The lowest BCUT2D eigenvalue weighted by Gasteiger charge is -2.04. The van der Waals surface area contributed by atoms with Crippen LogP contribution in [-0.4, -0.2) is 6.61 Å². The molecule has 0 radical (unpaired) electrons. The van der Waals surface area contributed by atoms with Gasteiger partial charge in [-0.25, -0.2) is 0 Å². The molecule has 0 bridgehead atoms. The number of hydrogen-bond donors (Lipinski definition) is 0. The maximum absolute atomic E-state index is 5.34. The zero-order valence-electron chi connectivity index (χ0n) is 8.18. The van der Waals surface area contributed by atoms with E-state index >= 15 is 0 Å². The van der Waals surface area contributed by atoms with Crippen molar-refractivity contribution >= 4 is 0 Å². The quantitative estimate of drug-likeness (QED) is 0.438. The van der Waals surface area contributed by atoms with E-state index in [-0.39, 0.29) is 0 Å². The predicted octanol–water partition coefficient (Wildman–Crippen LogP) is 3.36. The Labute approximate surface area is 70.4 Å². The van der Waals surface area contributed by atoms with E-state index in [1.54, 1.807) is 0 Å². The molecular formula is C10H20O. The Kier molecular flexibility index (Phi) is 6.00. The summed E-state index contributed by atoms with van der Waals surface area (Å²) < 4.78 is 5.34. The minimum atomic E-state index is 0.741. The summed E-state index contributed by atoms with van der Waals surface area (Å²) >= 11 is 0. The Morgan fingerprint density at radius 1 is 1.45 bits per heavy atom. The van der Waals surface area contributed by atoms with E-state index in [0.717, 1.165) is 25.4 Å². The third-order valence-electron chi connectivity index (χ3n) is 1.66. The summed E-state index contributed by atoms with van der Waals surface area (Å²) in [6, 6.07) is 0. The minimum absolute atomic E-state index is 0.741. The fraction of sp³-hybridized carbons (Fsp3) is 0.800. The summed E-state index contributed by atoms with van der Waals surface area (Å²) in [6.07, 6.45) is 4.11. The van der Waals surface area contributed by atoms with Gasteiger partial charge >= 0.3 is 0 Å². The molecule has 0 fully saturated rings. The molecule has 0 spiro atoms. The third-order valence-corrected chi connectivity index (χ3v) is 1.66. The van der Waals surface area contributed by atoms with Crippen molar-refractivity contribution in [1.82, 2.24) is 0 Å². The van der Waals surface area contributed by atoms with E-state index in [2.05, 4.69) is 27.7 Å². The van der Waals surface area contributed by atoms with Crippen LogP contribution in [0.1, 0.15) is 40.5 Å². The van der Waals surface area contributed by atoms with Crippen LogP contribution in [0.2, 0.25) is 0 Å². The van der Waals surface area contributed by atoms with Crippen LogP contribution in [0.4, 0.5) is 0 Å². The monoisotopic (exact) mass is 156 g/mol. The van der Waals surface area contributed by atoms with E-state index < -0.39 is 0 Å². The highest BCUT2D eigenvalue weighted by molar-refractivity contribution is 4.90. The molecule has 0 aliphatic rings. The summed E-state index contributed by atoms with van der Waals surface area (Å²) in [5.41, 5.74) is 1.31. The summed E-state index contributed by atoms with van der Waals surface area (Å²) in [5, 5.41) is 0. The molecule has 0 aromatic carbocycles. The Hall–Kier alpha value is -0.460. The fourth-order valence-corrected chi connectivity index (χ4v) is 0.588. The maximum Gasteiger partial charge on any atom is 0.0875 e. The van der Waals surface area contributed by atoms with Crippen LogP contribution in [0.25, 0.3) is 0 Å². The molecule has 0 saturated carbocycles. The van der Waals surface area contributed by atoms with Gasteiger partial charge in [0.1, 0.15) is 0 Å². The molecule has 11 heavy (non-hydrogen) atoms. The first-order chi connectivity index (χ1) is 5.16. The van der Waals surface area contributed by atoms with Gasteiger partial charge < -0.3 is 4.74 Å². The van der Waals surface area contributed by atoms with Crippen molar-refractivity contribution in [1.29, 1.82) is 0 Å². The molecule has 66 valence electrons. The SMILES string of the molecule is CCC(C)=COCCC(C)C. The second kappa shape index (κ2) is 6.26. The first-order valence-electron chi connectivity index (χ1n) is 4.44. The normalized spacial score (nSPS) is 12.3. The van der Waals surface area contributed by atoms with Gasteiger partial charge in [-0.3, -0.25) is 0 Å². The van der Waals surface area contributed by atoms with Crippen LogP contribution in [0, 0.1) is 5.92 Å². The largest absolute Gasteiger partial charge is 0.501 e. The lowest BCUT2D eigenvalue weighted by atomic mass is 10.1. The zero-order valence-corrected chi connectivity index (χ0v) is 8.18. The maximum atomic E-state index is 5.34. The zero-order chi connectivity index (χ0) is 8.69. The van der Waals surface area contributed by atoms with E-state index in [0.29, 0.717) is 0 Å². The molecule has 0 aromatic heterocycles. The van der Waals surface area contributed by atoms with E-state index in [4.69, 9.17) is 4.74 Å². The molecule has 0 atom stereocenters.